The monoisotopic (exact) mass is 477 g/mol. The van der Waals surface area contributed by atoms with E-state index in [1.807, 2.05) is 26.8 Å². The second kappa shape index (κ2) is 10.4. The van der Waals surface area contributed by atoms with Crippen molar-refractivity contribution in [3.63, 3.8) is 0 Å². The minimum Gasteiger partial charge on any atom is -0.321 e. The number of aryl methyl sites for hydroxylation is 1. The van der Waals surface area contributed by atoms with Gasteiger partial charge in [0.2, 0.25) is 0 Å². The molecular weight excluding hydrogens is 441 g/mol. The summed E-state index contributed by atoms with van der Waals surface area (Å²) in [5.74, 6) is 1.85. The number of benzene rings is 2. The molecule has 2 aromatic carbocycles. The number of carbonyl (C=O) groups excluding carboxylic acids is 3. The zero-order valence-corrected chi connectivity index (χ0v) is 21.2. The highest BCUT2D eigenvalue weighted by atomic mass is 19.1. The van der Waals surface area contributed by atoms with Crippen LogP contribution in [0.5, 0.6) is 0 Å². The lowest BCUT2D eigenvalue weighted by molar-refractivity contribution is 0.0938. The molecule has 0 atom stereocenters. The Morgan fingerprint density at radius 1 is 1.00 bits per heavy atom. The van der Waals surface area contributed by atoms with E-state index in [2.05, 4.69) is 12.2 Å². The van der Waals surface area contributed by atoms with Gasteiger partial charge in [-0.1, -0.05) is 39.8 Å². The molecule has 5 rings (SSSR count). The van der Waals surface area contributed by atoms with Crippen LogP contribution in [0.1, 0.15) is 102 Å². The molecule has 5 heteroatoms. The first-order chi connectivity index (χ1) is 16.7. The molecule has 3 aliphatic rings. The first-order valence-electron chi connectivity index (χ1n) is 13.0. The summed E-state index contributed by atoms with van der Waals surface area (Å²) >= 11 is 0. The van der Waals surface area contributed by atoms with Crippen LogP contribution in [-0.2, 0) is 12.8 Å². The molecule has 0 saturated heterocycles. The minimum atomic E-state index is -0.590. The highest BCUT2D eigenvalue weighted by Crippen LogP contribution is 2.48. The Morgan fingerprint density at radius 2 is 1.66 bits per heavy atom. The van der Waals surface area contributed by atoms with Crippen molar-refractivity contribution in [2.45, 2.75) is 72.6 Å². The topological polar surface area (TPSA) is 63.2 Å². The van der Waals surface area contributed by atoms with E-state index in [9.17, 15) is 18.8 Å². The lowest BCUT2D eigenvalue weighted by atomic mass is 9.93. The fraction of sp³-hybridized carbons (Fsp3) is 0.500. The predicted molar refractivity (Wildman–Crippen MR) is 137 cm³/mol. The number of anilines is 1. The average molecular weight is 478 g/mol. The van der Waals surface area contributed by atoms with Crippen molar-refractivity contribution in [2.24, 2.45) is 23.7 Å². The Bertz CT molecular complexity index is 1130. The molecule has 4 nitrogen and oxygen atoms in total. The van der Waals surface area contributed by atoms with Gasteiger partial charge in [0.25, 0.3) is 5.91 Å². The zero-order chi connectivity index (χ0) is 25.3. The van der Waals surface area contributed by atoms with Crippen LogP contribution in [0, 0.1) is 29.5 Å². The van der Waals surface area contributed by atoms with Crippen LogP contribution in [-0.4, -0.2) is 17.5 Å². The van der Waals surface area contributed by atoms with E-state index in [1.54, 1.807) is 12.1 Å². The summed E-state index contributed by atoms with van der Waals surface area (Å²) in [6.07, 6.45) is 7.38. The smallest absolute Gasteiger partial charge is 0.255 e. The number of ketones is 2. The number of Topliss-reactive ketones (excluding diaryl/α,β-unsaturated/α-hetero) is 2. The molecule has 0 spiro atoms. The summed E-state index contributed by atoms with van der Waals surface area (Å²) in [6, 6.07) is 7.92. The first kappa shape index (κ1) is 25.3. The lowest BCUT2D eigenvalue weighted by Crippen LogP contribution is -2.19. The second-order valence-corrected chi connectivity index (χ2v) is 10.6. The predicted octanol–water partition coefficient (Wildman–Crippen LogP) is 7.05. The Morgan fingerprint density at radius 3 is 2.23 bits per heavy atom. The number of fused-ring (bicyclic) bond motifs is 1. The highest BCUT2D eigenvalue weighted by molar-refractivity contribution is 6.13. The Balaban J connectivity index is 0.000000301. The maximum Gasteiger partial charge on any atom is 0.255 e. The minimum absolute atomic E-state index is 0.0171. The molecule has 2 fully saturated rings. The van der Waals surface area contributed by atoms with Gasteiger partial charge in [-0.3, -0.25) is 14.4 Å². The molecule has 0 bridgehead atoms. The maximum atomic E-state index is 14.0. The quantitative estimate of drug-likeness (QED) is 0.435. The Hall–Kier alpha value is -2.82. The van der Waals surface area contributed by atoms with Gasteiger partial charge in [-0.25, -0.2) is 4.39 Å². The number of hydrogen-bond donors (Lipinski definition) is 1. The molecular formula is C30H36FNO3. The van der Waals surface area contributed by atoms with Gasteiger partial charge < -0.3 is 5.32 Å². The molecule has 3 aliphatic carbocycles. The SMILES string of the molecule is CC(C1CC1)C1CC1.CCc1cccc(NC(=O)c2ccc(F)c3c2CCC3=O)c1C(=O)C(C)C. The molecule has 35 heavy (non-hydrogen) atoms. The number of amides is 1. The zero-order valence-electron chi connectivity index (χ0n) is 21.2. The van der Waals surface area contributed by atoms with Crippen molar-refractivity contribution in [1.29, 1.82) is 0 Å². The van der Waals surface area contributed by atoms with Gasteiger partial charge >= 0.3 is 0 Å². The second-order valence-electron chi connectivity index (χ2n) is 10.6. The van der Waals surface area contributed by atoms with Crippen LogP contribution in [0.4, 0.5) is 10.1 Å². The number of halogens is 1. The summed E-state index contributed by atoms with van der Waals surface area (Å²) in [7, 11) is 0. The largest absolute Gasteiger partial charge is 0.321 e. The van der Waals surface area contributed by atoms with Crippen LogP contribution in [0.25, 0.3) is 0 Å². The average Bonchev–Trinajstić information content (AvgIpc) is 3.76. The van der Waals surface area contributed by atoms with Gasteiger partial charge in [0.15, 0.2) is 11.6 Å². The molecule has 0 radical (unpaired) electrons. The molecule has 1 N–H and O–H groups in total. The van der Waals surface area contributed by atoms with Crippen molar-refractivity contribution in [2.75, 3.05) is 5.32 Å². The molecule has 0 heterocycles. The van der Waals surface area contributed by atoms with Crippen LogP contribution in [0.2, 0.25) is 0 Å². The third-order valence-electron chi connectivity index (χ3n) is 7.67. The van der Waals surface area contributed by atoms with E-state index >= 15 is 0 Å². The van der Waals surface area contributed by atoms with Gasteiger partial charge in [-0.2, -0.15) is 0 Å². The van der Waals surface area contributed by atoms with E-state index in [1.165, 1.54) is 31.7 Å². The summed E-state index contributed by atoms with van der Waals surface area (Å²) < 4.78 is 14.0. The molecule has 0 unspecified atom stereocenters. The number of hydrogen-bond acceptors (Lipinski definition) is 3. The van der Waals surface area contributed by atoms with Crippen LogP contribution in [0.3, 0.4) is 0 Å². The van der Waals surface area contributed by atoms with Gasteiger partial charge in [-0.15, -0.1) is 0 Å². The standard InChI is InChI=1S/C22H22FNO3.C8H14/c1-4-13-6-5-7-17(19(13)21(26)12(2)3)24-22(27)15-8-10-16(23)20-14(15)9-11-18(20)25;1-6(7-2-3-7)8-4-5-8/h5-8,10,12H,4,9,11H2,1-3H3,(H,24,27);6-8H,2-5H2,1H3. The highest BCUT2D eigenvalue weighted by Gasteiger charge is 2.38. The van der Waals surface area contributed by atoms with Crippen molar-refractivity contribution in [1.82, 2.24) is 0 Å². The van der Waals surface area contributed by atoms with E-state index in [0.717, 1.165) is 29.4 Å². The van der Waals surface area contributed by atoms with E-state index < -0.39 is 11.7 Å². The van der Waals surface area contributed by atoms with Crippen LogP contribution < -0.4 is 5.32 Å². The van der Waals surface area contributed by atoms with Gasteiger partial charge in [0.1, 0.15) is 5.82 Å². The number of carbonyl (C=O) groups is 3. The number of rotatable bonds is 7. The molecule has 2 aromatic rings. The molecule has 0 aliphatic heterocycles. The maximum absolute atomic E-state index is 14.0. The molecule has 0 aromatic heterocycles. The molecule has 186 valence electrons. The summed E-state index contributed by atoms with van der Waals surface area (Å²) in [6.45, 7) is 8.03. The van der Waals surface area contributed by atoms with Crippen molar-refractivity contribution < 1.29 is 18.8 Å². The van der Waals surface area contributed by atoms with E-state index in [0.29, 0.717) is 29.7 Å². The third-order valence-corrected chi connectivity index (χ3v) is 7.67. The summed E-state index contributed by atoms with van der Waals surface area (Å²) in [5, 5.41) is 2.81. The first-order valence-corrected chi connectivity index (χ1v) is 13.0. The van der Waals surface area contributed by atoms with Crippen molar-refractivity contribution >= 4 is 23.2 Å². The van der Waals surface area contributed by atoms with Gasteiger partial charge in [0.05, 0.1) is 11.3 Å². The summed E-state index contributed by atoms with van der Waals surface area (Å²) in [4.78, 5) is 37.5. The van der Waals surface area contributed by atoms with Crippen LogP contribution in [0.15, 0.2) is 30.3 Å². The van der Waals surface area contributed by atoms with Gasteiger partial charge in [-0.05, 0) is 85.6 Å². The molecule has 2 saturated carbocycles. The van der Waals surface area contributed by atoms with Crippen molar-refractivity contribution in [3.05, 3.63) is 64.0 Å². The van der Waals surface area contributed by atoms with Gasteiger partial charge in [0, 0.05) is 23.5 Å². The van der Waals surface area contributed by atoms with E-state index in [-0.39, 0.29) is 35.0 Å². The third kappa shape index (κ3) is 5.55. The normalized spacial score (nSPS) is 16.7. The lowest BCUT2D eigenvalue weighted by Gasteiger charge is -2.16. The Kier molecular flexibility index (Phi) is 7.53. The fourth-order valence-electron chi connectivity index (χ4n) is 5.15. The fourth-order valence-corrected chi connectivity index (χ4v) is 5.15. The van der Waals surface area contributed by atoms with E-state index in [4.69, 9.17) is 0 Å². The Labute approximate surface area is 207 Å². The van der Waals surface area contributed by atoms with Crippen molar-refractivity contribution in [3.8, 4) is 0 Å². The summed E-state index contributed by atoms with van der Waals surface area (Å²) in [5.41, 5.74) is 2.57. The number of nitrogens with one attached hydrogen (secondary N) is 1. The molecule has 1 amide bonds. The van der Waals surface area contributed by atoms with Crippen LogP contribution >= 0.6 is 0 Å².